The van der Waals surface area contributed by atoms with Gasteiger partial charge in [0.25, 0.3) is 0 Å². The van der Waals surface area contributed by atoms with E-state index in [1.54, 1.807) is 18.5 Å². The fourth-order valence-electron chi connectivity index (χ4n) is 1.74. The third-order valence-electron chi connectivity index (χ3n) is 2.81. The summed E-state index contributed by atoms with van der Waals surface area (Å²) in [5, 5.41) is 0. The monoisotopic (exact) mass is 355 g/mol. The van der Waals surface area contributed by atoms with Gasteiger partial charge in [-0.1, -0.05) is 22.1 Å². The van der Waals surface area contributed by atoms with E-state index >= 15 is 0 Å². The van der Waals surface area contributed by atoms with Crippen LogP contribution >= 0.6 is 0 Å². The smallest absolute Gasteiger partial charge is 0.434 e. The van der Waals surface area contributed by atoms with Crippen LogP contribution in [0.15, 0.2) is 48.8 Å². The molecule has 0 bridgehead atoms. The van der Waals surface area contributed by atoms with Gasteiger partial charge < -0.3 is 13.7 Å². The van der Waals surface area contributed by atoms with Crippen LogP contribution in [0.4, 0.5) is 8.68 Å². The van der Waals surface area contributed by atoms with Crippen LogP contribution in [0.1, 0.15) is 11.1 Å². The Morgan fingerprint density at radius 2 is 1.83 bits per heavy atom. The molecule has 9 heteroatoms. The Bertz CT molecular complexity index is 764. The largest absolute Gasteiger partial charge is 0.508 e. The molecular weight excluding hydrogens is 341 g/mol. The first kappa shape index (κ1) is 17.7. The van der Waals surface area contributed by atoms with Crippen LogP contribution < -0.4 is 4.18 Å². The summed E-state index contributed by atoms with van der Waals surface area (Å²) in [4.78, 5) is 15.4. The molecule has 2 rings (SSSR count). The average Bonchev–Trinajstić information content (AvgIpc) is 2.54. The maximum atomic E-state index is 12.3. The predicted molar refractivity (Wildman–Crippen MR) is 81.2 cm³/mol. The SMILES string of the molecule is O=C(OCCc1cccnc1)OCc1ccc(OS(=O)(=O)F)cc1. The first-order valence-electron chi connectivity index (χ1n) is 6.84. The molecule has 128 valence electrons. The summed E-state index contributed by atoms with van der Waals surface area (Å²) in [6.45, 7) is 0.0834. The Kier molecular flexibility index (Phi) is 6.07. The van der Waals surface area contributed by atoms with Crippen molar-refractivity contribution >= 4 is 16.7 Å². The number of aromatic nitrogens is 1. The number of rotatable bonds is 7. The number of benzene rings is 1. The molecule has 0 atom stereocenters. The van der Waals surface area contributed by atoms with Gasteiger partial charge in [-0.2, -0.15) is 8.42 Å². The second kappa shape index (κ2) is 8.25. The Balaban J connectivity index is 1.71. The second-order valence-corrected chi connectivity index (χ2v) is 5.57. The van der Waals surface area contributed by atoms with E-state index < -0.39 is 16.7 Å². The number of pyridine rings is 1. The molecular formula is C15H14FNO6S. The number of ether oxygens (including phenoxy) is 2. The molecule has 24 heavy (non-hydrogen) atoms. The summed E-state index contributed by atoms with van der Waals surface area (Å²) in [6.07, 6.45) is 3.02. The van der Waals surface area contributed by atoms with E-state index in [0.29, 0.717) is 12.0 Å². The molecule has 1 aromatic carbocycles. The number of nitrogens with zero attached hydrogens (tertiary/aromatic N) is 1. The van der Waals surface area contributed by atoms with Crippen molar-refractivity contribution in [2.24, 2.45) is 0 Å². The van der Waals surface area contributed by atoms with Crippen LogP contribution in [0.5, 0.6) is 5.75 Å². The van der Waals surface area contributed by atoms with E-state index in [-0.39, 0.29) is 19.0 Å². The van der Waals surface area contributed by atoms with Crippen LogP contribution in [-0.2, 0) is 33.0 Å². The highest BCUT2D eigenvalue weighted by Crippen LogP contribution is 2.15. The normalized spacial score (nSPS) is 10.9. The van der Waals surface area contributed by atoms with Gasteiger partial charge in [0.1, 0.15) is 12.4 Å². The van der Waals surface area contributed by atoms with Crippen molar-refractivity contribution in [3.05, 3.63) is 59.9 Å². The van der Waals surface area contributed by atoms with Gasteiger partial charge in [-0.05, 0) is 29.3 Å². The number of carbonyl (C=O) groups is 1. The first-order chi connectivity index (χ1) is 11.4. The van der Waals surface area contributed by atoms with Gasteiger partial charge in [-0.25, -0.2) is 4.79 Å². The van der Waals surface area contributed by atoms with E-state index in [4.69, 9.17) is 9.47 Å². The topological polar surface area (TPSA) is 91.8 Å². The molecule has 1 heterocycles. The van der Waals surface area contributed by atoms with E-state index in [1.165, 1.54) is 24.3 Å². The fourth-order valence-corrected chi connectivity index (χ4v) is 2.08. The van der Waals surface area contributed by atoms with Crippen molar-refractivity contribution in [3.63, 3.8) is 0 Å². The molecule has 7 nitrogen and oxygen atoms in total. The molecule has 0 spiro atoms. The van der Waals surface area contributed by atoms with Crippen molar-refractivity contribution in [1.29, 1.82) is 0 Å². The Morgan fingerprint density at radius 1 is 1.08 bits per heavy atom. The highest BCUT2D eigenvalue weighted by molar-refractivity contribution is 7.81. The highest BCUT2D eigenvalue weighted by atomic mass is 32.3. The lowest BCUT2D eigenvalue weighted by Crippen LogP contribution is -2.10. The van der Waals surface area contributed by atoms with Crippen molar-refractivity contribution < 1.29 is 30.8 Å². The lowest BCUT2D eigenvalue weighted by Gasteiger charge is -2.07. The second-order valence-electron chi connectivity index (χ2n) is 4.62. The number of carbonyl (C=O) groups excluding carboxylic acids is 1. The van der Waals surface area contributed by atoms with Crippen molar-refractivity contribution in [2.45, 2.75) is 13.0 Å². The van der Waals surface area contributed by atoms with Gasteiger partial charge in [0, 0.05) is 18.8 Å². The van der Waals surface area contributed by atoms with Gasteiger partial charge in [-0.3, -0.25) is 4.98 Å². The number of hydrogen-bond donors (Lipinski definition) is 0. The van der Waals surface area contributed by atoms with E-state index in [2.05, 4.69) is 9.17 Å². The van der Waals surface area contributed by atoms with Gasteiger partial charge in [-0.15, -0.1) is 0 Å². The third-order valence-corrected chi connectivity index (χ3v) is 3.20. The molecule has 0 amide bonds. The quantitative estimate of drug-likeness (QED) is 0.557. The van der Waals surface area contributed by atoms with Gasteiger partial charge in [0.2, 0.25) is 0 Å². The average molecular weight is 355 g/mol. The van der Waals surface area contributed by atoms with Gasteiger partial charge in [0.15, 0.2) is 0 Å². The Labute approximate surface area is 138 Å². The molecule has 0 unspecified atom stereocenters. The molecule has 0 aliphatic carbocycles. The lowest BCUT2D eigenvalue weighted by atomic mass is 10.2. The highest BCUT2D eigenvalue weighted by Gasteiger charge is 2.10. The Morgan fingerprint density at radius 3 is 2.46 bits per heavy atom. The molecule has 0 aliphatic heterocycles. The van der Waals surface area contributed by atoms with Crippen molar-refractivity contribution in [2.75, 3.05) is 6.61 Å². The molecule has 0 saturated heterocycles. The summed E-state index contributed by atoms with van der Waals surface area (Å²) >= 11 is 0. The van der Waals surface area contributed by atoms with Crippen LogP contribution in [0.25, 0.3) is 0 Å². The van der Waals surface area contributed by atoms with Gasteiger partial charge in [0.05, 0.1) is 6.61 Å². The Hall–Kier alpha value is -2.68. The minimum atomic E-state index is -5.06. The minimum absolute atomic E-state index is 0.0750. The summed E-state index contributed by atoms with van der Waals surface area (Å²) < 4.78 is 46.8. The maximum absolute atomic E-state index is 12.3. The number of hydrogen-bond acceptors (Lipinski definition) is 7. The number of halogens is 1. The van der Waals surface area contributed by atoms with Crippen molar-refractivity contribution in [3.8, 4) is 5.75 Å². The van der Waals surface area contributed by atoms with Crippen molar-refractivity contribution in [1.82, 2.24) is 4.98 Å². The zero-order valence-corrected chi connectivity index (χ0v) is 13.2. The summed E-state index contributed by atoms with van der Waals surface area (Å²) in [5.74, 6) is -0.180. The molecule has 1 aromatic heterocycles. The van der Waals surface area contributed by atoms with Crippen LogP contribution in [0.3, 0.4) is 0 Å². The summed E-state index contributed by atoms with van der Waals surface area (Å²) in [5.41, 5.74) is 1.49. The first-order valence-corrected chi connectivity index (χ1v) is 8.15. The van der Waals surface area contributed by atoms with E-state index in [0.717, 1.165) is 5.56 Å². The van der Waals surface area contributed by atoms with E-state index in [1.807, 2.05) is 6.07 Å². The summed E-state index contributed by atoms with van der Waals surface area (Å²) in [6, 6.07) is 9.00. The molecule has 0 fully saturated rings. The standard InChI is InChI=1S/C15H14FNO6S/c16-24(19,20)23-14-5-3-13(4-6-14)11-22-15(18)21-9-7-12-2-1-8-17-10-12/h1-6,8,10H,7,9,11H2. The molecule has 0 saturated carbocycles. The maximum Gasteiger partial charge on any atom is 0.508 e. The molecule has 0 N–H and O–H groups in total. The van der Waals surface area contributed by atoms with Crippen LogP contribution in [-0.4, -0.2) is 26.2 Å². The minimum Gasteiger partial charge on any atom is -0.434 e. The van der Waals surface area contributed by atoms with Crippen LogP contribution in [0, 0.1) is 0 Å². The zero-order chi connectivity index (χ0) is 17.4. The third kappa shape index (κ3) is 6.61. The zero-order valence-electron chi connectivity index (χ0n) is 12.4. The van der Waals surface area contributed by atoms with Crippen LogP contribution in [0.2, 0.25) is 0 Å². The fraction of sp³-hybridized carbons (Fsp3) is 0.200. The summed E-state index contributed by atoms with van der Waals surface area (Å²) in [7, 11) is -5.06. The van der Waals surface area contributed by atoms with Gasteiger partial charge >= 0.3 is 16.7 Å². The molecule has 0 aliphatic rings. The van der Waals surface area contributed by atoms with E-state index in [9.17, 15) is 17.1 Å². The predicted octanol–water partition coefficient (Wildman–Crippen LogP) is 2.57. The molecule has 0 radical (unpaired) electrons. The lowest BCUT2D eigenvalue weighted by molar-refractivity contribution is 0.0507. The molecule has 2 aromatic rings.